The molecule has 2 saturated heterocycles. The monoisotopic (exact) mass is 484 g/mol. The maximum absolute atomic E-state index is 14.2. The Balaban J connectivity index is 1.39. The quantitative estimate of drug-likeness (QED) is 0.322. The van der Waals surface area contributed by atoms with Gasteiger partial charge in [0.1, 0.15) is 11.2 Å². The second kappa shape index (κ2) is 6.81. The van der Waals surface area contributed by atoms with Crippen molar-refractivity contribution in [3.63, 3.8) is 0 Å². The minimum atomic E-state index is -0.615. The Morgan fingerprint density at radius 3 is 2.49 bits per heavy atom. The number of carbonyl (C=O) groups is 2. The van der Waals surface area contributed by atoms with Gasteiger partial charge in [0.15, 0.2) is 11.2 Å². The molecule has 1 N–H and O–H groups in total. The lowest BCUT2D eigenvalue weighted by atomic mass is 9.37. The van der Waals surface area contributed by atoms with Crippen LogP contribution >= 0.6 is 0 Å². The first kappa shape index (κ1) is 24.2. The van der Waals surface area contributed by atoms with Gasteiger partial charge in [-0.3, -0.25) is 9.59 Å². The van der Waals surface area contributed by atoms with E-state index in [2.05, 4.69) is 41.2 Å². The maximum Gasteiger partial charge on any atom is 0.316 e. The SMILES string of the molecule is C=C(C)[C@@H](O)CC[C@@H](C)[C@H]1CC[C@]23C(=O)O[C@]4(CC[C@]12C)[C@]31O[C@H]1C[C@H]1C(C)(C)C(=O)CC[C@@]14C. The van der Waals surface area contributed by atoms with E-state index in [1.54, 1.807) is 0 Å². The Morgan fingerprint density at radius 2 is 1.80 bits per heavy atom. The van der Waals surface area contributed by atoms with Crippen LogP contribution in [-0.4, -0.2) is 40.3 Å². The smallest absolute Gasteiger partial charge is 0.316 e. The zero-order chi connectivity index (χ0) is 25.4. The summed E-state index contributed by atoms with van der Waals surface area (Å²) in [7, 11) is 0. The van der Waals surface area contributed by atoms with Gasteiger partial charge in [-0.2, -0.15) is 0 Å². The standard InChI is InChI=1S/C30H44O5/c1-17(2)20(31)9-8-18(3)19-10-13-28-24(33)35-29(15-14-26(19,28)6)27(7)12-11-22(32)25(4,5)21(27)16-23-30(28,29)34-23/h18-21,23,31H,1,8-16H2,2-7H3/t18-,19-,20+,21+,23+,26-,27+,28+,29+,30-/m1/s1. The van der Waals surface area contributed by atoms with Crippen LogP contribution in [0.4, 0.5) is 0 Å². The number of hydrogen-bond donors (Lipinski definition) is 1. The van der Waals surface area contributed by atoms with Crippen molar-refractivity contribution in [2.24, 2.45) is 39.4 Å². The summed E-state index contributed by atoms with van der Waals surface area (Å²) in [5, 5.41) is 10.3. The van der Waals surface area contributed by atoms with Gasteiger partial charge in [-0.1, -0.05) is 46.8 Å². The Hall–Kier alpha value is -1.20. The average molecular weight is 485 g/mol. The molecule has 0 unspecified atom stereocenters. The van der Waals surface area contributed by atoms with Crippen LogP contribution in [0.3, 0.4) is 0 Å². The highest BCUT2D eigenvalue weighted by Crippen LogP contribution is 2.86. The molecule has 10 atom stereocenters. The number of rotatable bonds is 5. The summed E-state index contributed by atoms with van der Waals surface area (Å²) < 4.78 is 13.5. The molecule has 0 aromatic carbocycles. The van der Waals surface area contributed by atoms with E-state index < -0.39 is 28.1 Å². The second-order valence-corrected chi connectivity index (χ2v) is 14.3. The van der Waals surface area contributed by atoms with Gasteiger partial charge in [0.05, 0.1) is 12.2 Å². The number of ether oxygens (including phenoxy) is 2. The third kappa shape index (κ3) is 2.36. The predicted molar refractivity (Wildman–Crippen MR) is 132 cm³/mol. The van der Waals surface area contributed by atoms with Crippen LogP contribution in [0, 0.1) is 39.4 Å². The predicted octanol–water partition coefficient (Wildman–Crippen LogP) is 5.38. The van der Waals surface area contributed by atoms with Crippen molar-refractivity contribution >= 4 is 11.8 Å². The van der Waals surface area contributed by atoms with E-state index in [4.69, 9.17) is 9.47 Å². The van der Waals surface area contributed by atoms with Crippen LogP contribution in [0.25, 0.3) is 0 Å². The molecule has 0 aromatic heterocycles. The number of hydrogen-bond acceptors (Lipinski definition) is 5. The number of aliphatic hydroxyl groups excluding tert-OH is 1. The lowest BCUT2D eigenvalue weighted by molar-refractivity contribution is -0.214. The normalized spacial score (nSPS) is 52.5. The molecular weight excluding hydrogens is 440 g/mol. The van der Waals surface area contributed by atoms with Crippen molar-refractivity contribution in [2.45, 2.75) is 123 Å². The van der Waals surface area contributed by atoms with Crippen molar-refractivity contribution in [3.05, 3.63) is 12.2 Å². The van der Waals surface area contributed by atoms with Gasteiger partial charge in [-0.05, 0) is 81.5 Å². The number of fused-ring (bicyclic) bond motifs is 1. The largest absolute Gasteiger partial charge is 0.455 e. The molecule has 4 aliphatic carbocycles. The molecule has 0 aromatic rings. The molecule has 0 amide bonds. The van der Waals surface area contributed by atoms with Gasteiger partial charge >= 0.3 is 5.97 Å². The molecule has 6 rings (SSSR count). The molecular formula is C30H44O5. The van der Waals surface area contributed by atoms with Crippen molar-refractivity contribution < 1.29 is 24.2 Å². The molecule has 2 spiro atoms. The van der Waals surface area contributed by atoms with Gasteiger partial charge in [0, 0.05) is 17.3 Å². The van der Waals surface area contributed by atoms with Crippen LogP contribution in [-0.2, 0) is 19.1 Å². The number of aliphatic hydroxyl groups is 1. The van der Waals surface area contributed by atoms with Gasteiger partial charge in [-0.15, -0.1) is 0 Å². The molecule has 6 fully saturated rings. The highest BCUT2D eigenvalue weighted by Gasteiger charge is 2.97. The lowest BCUT2D eigenvalue weighted by Crippen LogP contribution is -2.72. The molecule has 4 saturated carbocycles. The Morgan fingerprint density at radius 1 is 1.09 bits per heavy atom. The number of ketones is 1. The zero-order valence-corrected chi connectivity index (χ0v) is 22.5. The molecule has 35 heavy (non-hydrogen) atoms. The zero-order valence-electron chi connectivity index (χ0n) is 22.5. The molecule has 194 valence electrons. The van der Waals surface area contributed by atoms with Gasteiger partial charge in [-0.25, -0.2) is 0 Å². The van der Waals surface area contributed by atoms with E-state index in [-0.39, 0.29) is 28.8 Å². The van der Waals surface area contributed by atoms with Crippen LogP contribution in [0.2, 0.25) is 0 Å². The lowest BCUT2D eigenvalue weighted by Gasteiger charge is -2.64. The van der Waals surface area contributed by atoms with E-state index in [0.29, 0.717) is 24.0 Å². The first-order chi connectivity index (χ1) is 16.3. The molecule has 5 heteroatoms. The third-order valence-corrected chi connectivity index (χ3v) is 12.9. The highest BCUT2D eigenvalue weighted by atomic mass is 16.7. The van der Waals surface area contributed by atoms with Crippen molar-refractivity contribution in [3.8, 4) is 0 Å². The first-order valence-electron chi connectivity index (χ1n) is 14.0. The summed E-state index contributed by atoms with van der Waals surface area (Å²) in [6.07, 6.45) is 7.05. The van der Waals surface area contributed by atoms with E-state index in [0.717, 1.165) is 56.9 Å². The molecule has 2 heterocycles. The van der Waals surface area contributed by atoms with E-state index in [9.17, 15) is 14.7 Å². The Bertz CT molecular complexity index is 1020. The van der Waals surface area contributed by atoms with E-state index >= 15 is 0 Å². The minimum absolute atomic E-state index is 0.0103. The maximum atomic E-state index is 14.2. The van der Waals surface area contributed by atoms with Crippen molar-refractivity contribution in [1.82, 2.24) is 0 Å². The summed E-state index contributed by atoms with van der Waals surface area (Å²) in [4.78, 5) is 27.2. The summed E-state index contributed by atoms with van der Waals surface area (Å²) in [5.74, 6) is 1.30. The fourth-order valence-electron chi connectivity index (χ4n) is 11.0. The molecule has 2 bridgehead atoms. The van der Waals surface area contributed by atoms with Crippen LogP contribution in [0.15, 0.2) is 12.2 Å². The fourth-order valence-corrected chi connectivity index (χ4v) is 11.0. The number of esters is 1. The number of carbonyl (C=O) groups excluding carboxylic acids is 2. The summed E-state index contributed by atoms with van der Waals surface area (Å²) >= 11 is 0. The average Bonchev–Trinajstić information content (AvgIpc) is 3.39. The topological polar surface area (TPSA) is 76.1 Å². The van der Waals surface area contributed by atoms with Gasteiger partial charge < -0.3 is 14.6 Å². The highest BCUT2D eigenvalue weighted by molar-refractivity contribution is 5.89. The van der Waals surface area contributed by atoms with Crippen LogP contribution in [0.5, 0.6) is 0 Å². The Kier molecular flexibility index (Phi) is 4.70. The van der Waals surface area contributed by atoms with Crippen LogP contribution < -0.4 is 0 Å². The fraction of sp³-hybridized carbons (Fsp3) is 0.867. The molecule has 6 aliphatic rings. The second-order valence-electron chi connectivity index (χ2n) is 14.3. The van der Waals surface area contributed by atoms with Crippen molar-refractivity contribution in [2.75, 3.05) is 0 Å². The summed E-state index contributed by atoms with van der Waals surface area (Å²) in [5.41, 5.74) is -1.75. The van der Waals surface area contributed by atoms with E-state index in [1.807, 2.05) is 6.92 Å². The Labute approximate surface area is 210 Å². The minimum Gasteiger partial charge on any atom is -0.455 e. The number of Topliss-reactive ketones (excluding diaryl/α,β-unsaturated/α-hetero) is 1. The van der Waals surface area contributed by atoms with Crippen LogP contribution in [0.1, 0.15) is 99.3 Å². The molecule has 2 aliphatic heterocycles. The van der Waals surface area contributed by atoms with Gasteiger partial charge in [0.2, 0.25) is 0 Å². The summed E-state index contributed by atoms with van der Waals surface area (Å²) in [6, 6.07) is 0. The third-order valence-electron chi connectivity index (χ3n) is 12.9. The summed E-state index contributed by atoms with van der Waals surface area (Å²) in [6.45, 7) is 17.0. The van der Waals surface area contributed by atoms with Gasteiger partial charge in [0.25, 0.3) is 0 Å². The molecule has 0 radical (unpaired) electrons. The number of epoxide rings is 1. The first-order valence-corrected chi connectivity index (χ1v) is 14.0. The molecule has 5 nitrogen and oxygen atoms in total. The van der Waals surface area contributed by atoms with E-state index in [1.165, 1.54) is 0 Å². The van der Waals surface area contributed by atoms with Crippen molar-refractivity contribution in [1.29, 1.82) is 0 Å².